The van der Waals surface area contributed by atoms with Crippen LogP contribution in [0.3, 0.4) is 0 Å². The van der Waals surface area contributed by atoms with Gasteiger partial charge in [-0.25, -0.2) is 0 Å². The molecular formula is C13H19ClN2. The van der Waals surface area contributed by atoms with Gasteiger partial charge in [-0.2, -0.15) is 0 Å². The Hall–Kier alpha value is -0.600. The molecule has 1 aliphatic rings. The zero-order valence-electron chi connectivity index (χ0n) is 9.70. The highest BCUT2D eigenvalue weighted by Crippen LogP contribution is 2.40. The van der Waals surface area contributed by atoms with Crippen LogP contribution in [0.25, 0.3) is 0 Å². The molecule has 0 saturated heterocycles. The Morgan fingerprint density at radius 2 is 2.25 bits per heavy atom. The molecule has 1 aromatic heterocycles. The fourth-order valence-corrected chi connectivity index (χ4v) is 2.76. The quantitative estimate of drug-likeness (QED) is 0.875. The van der Waals surface area contributed by atoms with E-state index in [4.69, 9.17) is 17.3 Å². The minimum Gasteiger partial charge on any atom is -0.330 e. The average molecular weight is 239 g/mol. The fourth-order valence-electron chi connectivity index (χ4n) is 2.58. The first-order chi connectivity index (χ1) is 7.72. The predicted octanol–water partition coefficient (Wildman–Crippen LogP) is 3.21. The van der Waals surface area contributed by atoms with Crippen LogP contribution in [0.2, 0.25) is 5.02 Å². The molecule has 2 unspecified atom stereocenters. The summed E-state index contributed by atoms with van der Waals surface area (Å²) in [4.78, 5) is 4.15. The maximum Gasteiger partial charge on any atom is 0.0592 e. The molecule has 1 aromatic rings. The number of aromatic nitrogens is 1. The molecule has 1 heterocycles. The van der Waals surface area contributed by atoms with Gasteiger partial charge in [0.25, 0.3) is 0 Å². The Balaban J connectivity index is 2.14. The molecule has 3 heteroatoms. The Kier molecular flexibility index (Phi) is 3.82. The van der Waals surface area contributed by atoms with Gasteiger partial charge < -0.3 is 5.73 Å². The van der Waals surface area contributed by atoms with Crippen molar-refractivity contribution in [3.63, 3.8) is 0 Å². The van der Waals surface area contributed by atoms with Crippen LogP contribution in [-0.4, -0.2) is 11.5 Å². The van der Waals surface area contributed by atoms with Crippen molar-refractivity contribution in [1.82, 2.24) is 4.98 Å². The summed E-state index contributed by atoms with van der Waals surface area (Å²) in [7, 11) is 0. The summed E-state index contributed by atoms with van der Waals surface area (Å²) in [5.74, 6) is 1.88. The first-order valence-electron chi connectivity index (χ1n) is 6.03. The van der Waals surface area contributed by atoms with Crippen molar-refractivity contribution in [2.75, 3.05) is 6.54 Å². The van der Waals surface area contributed by atoms with Crippen molar-refractivity contribution in [2.24, 2.45) is 17.6 Å². The van der Waals surface area contributed by atoms with E-state index in [0.29, 0.717) is 23.4 Å². The predicted molar refractivity (Wildman–Crippen MR) is 67.5 cm³/mol. The highest BCUT2D eigenvalue weighted by molar-refractivity contribution is 6.30. The van der Waals surface area contributed by atoms with E-state index in [1.807, 2.05) is 12.3 Å². The van der Waals surface area contributed by atoms with Gasteiger partial charge in [-0.05, 0) is 30.0 Å². The van der Waals surface area contributed by atoms with E-state index in [1.165, 1.54) is 24.8 Å². The summed E-state index contributed by atoms with van der Waals surface area (Å²) >= 11 is 5.97. The van der Waals surface area contributed by atoms with E-state index in [0.717, 1.165) is 5.92 Å². The molecule has 0 spiro atoms. The monoisotopic (exact) mass is 238 g/mol. The Morgan fingerprint density at radius 1 is 1.50 bits per heavy atom. The van der Waals surface area contributed by atoms with Crippen LogP contribution in [-0.2, 0) is 0 Å². The van der Waals surface area contributed by atoms with Crippen LogP contribution in [0.5, 0.6) is 0 Å². The lowest BCUT2D eigenvalue weighted by Gasteiger charge is -2.36. The molecule has 2 nitrogen and oxygen atoms in total. The summed E-state index contributed by atoms with van der Waals surface area (Å²) < 4.78 is 0. The third-order valence-electron chi connectivity index (χ3n) is 3.94. The molecule has 1 fully saturated rings. The number of pyridine rings is 1. The molecule has 0 radical (unpaired) electrons. The summed E-state index contributed by atoms with van der Waals surface area (Å²) in [5, 5.41) is 0.705. The van der Waals surface area contributed by atoms with E-state index in [1.54, 1.807) is 6.20 Å². The van der Waals surface area contributed by atoms with Gasteiger partial charge in [0, 0.05) is 18.3 Å². The standard InChI is InChI=1S/C13H19ClN2/c1-9(10-3-2-4-10)13(6-15)11-5-12(14)8-16-7-11/h5,7-10,13H,2-4,6,15H2,1H3. The normalized spacial score (nSPS) is 20.2. The smallest absolute Gasteiger partial charge is 0.0592 e. The van der Waals surface area contributed by atoms with Gasteiger partial charge >= 0.3 is 0 Å². The van der Waals surface area contributed by atoms with Crippen molar-refractivity contribution in [3.8, 4) is 0 Å². The van der Waals surface area contributed by atoms with Crippen LogP contribution < -0.4 is 5.73 Å². The largest absolute Gasteiger partial charge is 0.330 e. The van der Waals surface area contributed by atoms with Gasteiger partial charge in [-0.1, -0.05) is 37.8 Å². The van der Waals surface area contributed by atoms with Crippen molar-refractivity contribution in [3.05, 3.63) is 29.0 Å². The Bertz CT molecular complexity index is 350. The highest BCUT2D eigenvalue weighted by Gasteiger charge is 2.30. The lowest BCUT2D eigenvalue weighted by atomic mass is 9.70. The summed E-state index contributed by atoms with van der Waals surface area (Å²) in [6, 6.07) is 2.00. The van der Waals surface area contributed by atoms with E-state index in [9.17, 15) is 0 Å². The molecule has 2 atom stereocenters. The molecule has 0 aliphatic heterocycles. The first-order valence-corrected chi connectivity index (χ1v) is 6.40. The first kappa shape index (κ1) is 11.9. The highest BCUT2D eigenvalue weighted by atomic mass is 35.5. The van der Waals surface area contributed by atoms with E-state index >= 15 is 0 Å². The average Bonchev–Trinajstić information content (AvgIpc) is 2.16. The SMILES string of the molecule is CC(C1CCC1)C(CN)c1cncc(Cl)c1. The van der Waals surface area contributed by atoms with Crippen molar-refractivity contribution < 1.29 is 0 Å². The maximum absolute atomic E-state index is 5.97. The molecule has 1 saturated carbocycles. The van der Waals surface area contributed by atoms with Crippen LogP contribution in [0.4, 0.5) is 0 Å². The van der Waals surface area contributed by atoms with Crippen LogP contribution >= 0.6 is 11.6 Å². The third kappa shape index (κ3) is 2.38. The van der Waals surface area contributed by atoms with Gasteiger partial charge in [0.15, 0.2) is 0 Å². The third-order valence-corrected chi connectivity index (χ3v) is 4.14. The van der Waals surface area contributed by atoms with Gasteiger partial charge in [0.05, 0.1) is 5.02 Å². The van der Waals surface area contributed by atoms with Crippen LogP contribution in [0.1, 0.15) is 37.7 Å². The minimum absolute atomic E-state index is 0.400. The van der Waals surface area contributed by atoms with E-state index in [-0.39, 0.29) is 0 Å². The Labute approximate surface area is 102 Å². The van der Waals surface area contributed by atoms with Crippen LogP contribution in [0, 0.1) is 11.8 Å². The van der Waals surface area contributed by atoms with Crippen molar-refractivity contribution in [1.29, 1.82) is 0 Å². The van der Waals surface area contributed by atoms with Crippen molar-refractivity contribution >= 4 is 11.6 Å². The number of rotatable bonds is 4. The van der Waals surface area contributed by atoms with Gasteiger partial charge in [0.1, 0.15) is 0 Å². The van der Waals surface area contributed by atoms with Gasteiger partial charge in [-0.3, -0.25) is 4.98 Å². The molecule has 1 aliphatic carbocycles. The Morgan fingerprint density at radius 3 is 2.75 bits per heavy atom. The van der Waals surface area contributed by atoms with E-state index < -0.39 is 0 Å². The zero-order valence-corrected chi connectivity index (χ0v) is 10.5. The minimum atomic E-state index is 0.400. The van der Waals surface area contributed by atoms with Crippen LogP contribution in [0.15, 0.2) is 18.5 Å². The summed E-state index contributed by atoms with van der Waals surface area (Å²) in [5.41, 5.74) is 7.09. The lowest BCUT2D eigenvalue weighted by molar-refractivity contribution is 0.193. The number of nitrogens with two attached hydrogens (primary N) is 1. The molecule has 0 amide bonds. The maximum atomic E-state index is 5.97. The van der Waals surface area contributed by atoms with Gasteiger partial charge in [0.2, 0.25) is 0 Å². The topological polar surface area (TPSA) is 38.9 Å². The van der Waals surface area contributed by atoms with Gasteiger partial charge in [-0.15, -0.1) is 0 Å². The van der Waals surface area contributed by atoms with E-state index in [2.05, 4.69) is 11.9 Å². The molecule has 2 rings (SSSR count). The molecule has 16 heavy (non-hydrogen) atoms. The summed E-state index contributed by atoms with van der Waals surface area (Å²) in [6.45, 7) is 2.99. The lowest BCUT2D eigenvalue weighted by Crippen LogP contribution is -2.29. The molecule has 88 valence electrons. The fraction of sp³-hybridized carbons (Fsp3) is 0.615. The second-order valence-corrected chi connectivity index (χ2v) is 5.27. The summed E-state index contributed by atoms with van der Waals surface area (Å²) in [6.07, 6.45) is 7.66. The number of hydrogen-bond acceptors (Lipinski definition) is 2. The van der Waals surface area contributed by atoms with Crippen molar-refractivity contribution in [2.45, 2.75) is 32.1 Å². The molecule has 0 aromatic carbocycles. The second kappa shape index (κ2) is 5.15. The zero-order chi connectivity index (χ0) is 11.5. The molecule has 0 bridgehead atoms. The second-order valence-electron chi connectivity index (χ2n) is 4.83. The molecular weight excluding hydrogens is 220 g/mol. The molecule has 2 N–H and O–H groups in total. The number of hydrogen-bond donors (Lipinski definition) is 1. The number of halogens is 1. The number of nitrogens with zero attached hydrogens (tertiary/aromatic N) is 1.